The van der Waals surface area contributed by atoms with Crippen molar-refractivity contribution in [1.29, 1.82) is 0 Å². The second kappa shape index (κ2) is 3.62. The standard InChI is InChI=1S/C9H13O3P/c1-7-3-5-9(6-4-7)8(2)13(10,11)12/h3-6,8H,1-2H3,(H2,10,11,12). The molecule has 0 aliphatic carbocycles. The largest absolute Gasteiger partial charge is 0.332 e. The molecule has 0 radical (unpaired) electrons. The molecule has 1 atom stereocenters. The third-order valence-corrected chi connectivity index (χ3v) is 3.37. The normalized spacial score (nSPS) is 14.2. The summed E-state index contributed by atoms with van der Waals surface area (Å²) in [4.78, 5) is 17.8. The van der Waals surface area contributed by atoms with Crippen molar-refractivity contribution < 1.29 is 14.4 Å². The summed E-state index contributed by atoms with van der Waals surface area (Å²) in [5.74, 6) is 0. The summed E-state index contributed by atoms with van der Waals surface area (Å²) in [6.45, 7) is 3.47. The van der Waals surface area contributed by atoms with Crippen molar-refractivity contribution >= 4 is 7.60 Å². The summed E-state index contributed by atoms with van der Waals surface area (Å²) in [6.07, 6.45) is 0. The Labute approximate surface area is 77.6 Å². The molecule has 0 amide bonds. The zero-order valence-electron chi connectivity index (χ0n) is 7.64. The maximum Gasteiger partial charge on any atom is 0.332 e. The molecule has 0 aromatic heterocycles. The van der Waals surface area contributed by atoms with Crippen LogP contribution in [0.4, 0.5) is 0 Å². The number of hydrogen-bond acceptors (Lipinski definition) is 1. The van der Waals surface area contributed by atoms with Crippen LogP contribution in [-0.2, 0) is 4.57 Å². The van der Waals surface area contributed by atoms with Gasteiger partial charge in [-0.25, -0.2) is 0 Å². The summed E-state index contributed by atoms with van der Waals surface area (Å²) in [5, 5.41) is 0. The Bertz CT molecular complexity index is 325. The van der Waals surface area contributed by atoms with E-state index in [9.17, 15) is 4.57 Å². The number of benzene rings is 1. The molecule has 4 heteroatoms. The summed E-state index contributed by atoms with van der Waals surface area (Å²) >= 11 is 0. The van der Waals surface area contributed by atoms with Gasteiger partial charge in [-0.3, -0.25) is 4.57 Å². The third-order valence-electron chi connectivity index (χ3n) is 2.06. The highest BCUT2D eigenvalue weighted by Gasteiger charge is 2.24. The van der Waals surface area contributed by atoms with Gasteiger partial charge in [-0.1, -0.05) is 29.8 Å². The molecule has 2 N–H and O–H groups in total. The highest BCUT2D eigenvalue weighted by molar-refractivity contribution is 7.52. The van der Waals surface area contributed by atoms with E-state index in [0.29, 0.717) is 5.56 Å². The Morgan fingerprint density at radius 1 is 1.23 bits per heavy atom. The number of aryl methyl sites for hydroxylation is 1. The Balaban J connectivity index is 2.97. The highest BCUT2D eigenvalue weighted by Crippen LogP contribution is 2.51. The van der Waals surface area contributed by atoms with Crippen LogP contribution in [0.2, 0.25) is 0 Å². The Morgan fingerprint density at radius 3 is 2.08 bits per heavy atom. The number of hydrogen-bond donors (Lipinski definition) is 2. The van der Waals surface area contributed by atoms with Gasteiger partial charge in [0.15, 0.2) is 0 Å². The lowest BCUT2D eigenvalue weighted by atomic mass is 10.1. The Kier molecular flexibility index (Phi) is 2.91. The fraction of sp³-hybridized carbons (Fsp3) is 0.333. The lowest BCUT2D eigenvalue weighted by Gasteiger charge is -2.13. The van der Waals surface area contributed by atoms with Crippen LogP contribution >= 0.6 is 7.60 Å². The van der Waals surface area contributed by atoms with Crippen LogP contribution in [0.25, 0.3) is 0 Å². The first-order valence-electron chi connectivity index (χ1n) is 4.03. The first-order valence-corrected chi connectivity index (χ1v) is 5.71. The molecule has 72 valence electrons. The fourth-order valence-electron chi connectivity index (χ4n) is 1.04. The highest BCUT2D eigenvalue weighted by atomic mass is 31.2. The second-order valence-electron chi connectivity index (χ2n) is 3.18. The summed E-state index contributed by atoms with van der Waals surface area (Å²) in [6, 6.07) is 7.20. The third kappa shape index (κ3) is 2.66. The van der Waals surface area contributed by atoms with Crippen molar-refractivity contribution in [1.82, 2.24) is 0 Å². The van der Waals surface area contributed by atoms with E-state index in [1.165, 1.54) is 6.92 Å². The topological polar surface area (TPSA) is 57.5 Å². The minimum Gasteiger partial charge on any atom is -0.324 e. The smallest absolute Gasteiger partial charge is 0.324 e. The molecule has 1 aromatic rings. The van der Waals surface area contributed by atoms with Gasteiger partial charge in [0.1, 0.15) is 0 Å². The Hall–Kier alpha value is -0.630. The van der Waals surface area contributed by atoms with E-state index in [-0.39, 0.29) is 0 Å². The van der Waals surface area contributed by atoms with E-state index in [0.717, 1.165) is 5.56 Å². The lowest BCUT2D eigenvalue weighted by molar-refractivity contribution is 0.362. The van der Waals surface area contributed by atoms with Crippen molar-refractivity contribution in [2.75, 3.05) is 0 Å². The zero-order chi connectivity index (χ0) is 10.1. The minimum atomic E-state index is -3.99. The van der Waals surface area contributed by atoms with Crippen LogP contribution in [0.1, 0.15) is 23.7 Å². The quantitative estimate of drug-likeness (QED) is 0.719. The van der Waals surface area contributed by atoms with Crippen LogP contribution in [0.3, 0.4) is 0 Å². The average Bonchev–Trinajstić information content (AvgIpc) is 2.03. The molecule has 0 saturated carbocycles. The van der Waals surface area contributed by atoms with Crippen molar-refractivity contribution in [3.63, 3.8) is 0 Å². The zero-order valence-corrected chi connectivity index (χ0v) is 8.53. The van der Waals surface area contributed by atoms with Gasteiger partial charge < -0.3 is 9.79 Å². The van der Waals surface area contributed by atoms with Crippen molar-refractivity contribution in [2.24, 2.45) is 0 Å². The van der Waals surface area contributed by atoms with Gasteiger partial charge in [-0.2, -0.15) is 0 Å². The van der Waals surface area contributed by atoms with Crippen LogP contribution in [0.15, 0.2) is 24.3 Å². The molecule has 0 aliphatic rings. The van der Waals surface area contributed by atoms with Crippen LogP contribution in [0.5, 0.6) is 0 Å². The van der Waals surface area contributed by atoms with Gasteiger partial charge >= 0.3 is 7.60 Å². The minimum absolute atomic E-state index is 0.680. The first kappa shape index (κ1) is 10.5. The molecule has 1 aromatic carbocycles. The van der Waals surface area contributed by atoms with Crippen molar-refractivity contribution in [2.45, 2.75) is 19.5 Å². The van der Waals surface area contributed by atoms with Crippen LogP contribution < -0.4 is 0 Å². The molecular weight excluding hydrogens is 187 g/mol. The van der Waals surface area contributed by atoms with E-state index < -0.39 is 13.3 Å². The molecule has 0 aliphatic heterocycles. The Morgan fingerprint density at radius 2 is 1.69 bits per heavy atom. The van der Waals surface area contributed by atoms with E-state index in [1.54, 1.807) is 12.1 Å². The summed E-state index contributed by atoms with van der Waals surface area (Å²) in [7, 11) is -3.99. The van der Waals surface area contributed by atoms with Gasteiger partial charge in [0.05, 0.1) is 5.66 Å². The fourth-order valence-corrected chi connectivity index (χ4v) is 1.60. The van der Waals surface area contributed by atoms with Crippen molar-refractivity contribution in [3.05, 3.63) is 35.4 Å². The lowest BCUT2D eigenvalue weighted by Crippen LogP contribution is -1.94. The van der Waals surface area contributed by atoms with Gasteiger partial charge in [-0.05, 0) is 19.4 Å². The molecule has 0 heterocycles. The van der Waals surface area contributed by atoms with Crippen molar-refractivity contribution in [3.8, 4) is 0 Å². The maximum absolute atomic E-state index is 10.9. The van der Waals surface area contributed by atoms with Gasteiger partial charge in [0, 0.05) is 0 Å². The van der Waals surface area contributed by atoms with Crippen LogP contribution in [-0.4, -0.2) is 9.79 Å². The molecular formula is C9H13O3P. The molecule has 0 saturated heterocycles. The van der Waals surface area contributed by atoms with E-state index >= 15 is 0 Å². The SMILES string of the molecule is Cc1ccc(C(C)P(=O)(O)O)cc1. The predicted molar refractivity (Wildman–Crippen MR) is 51.6 cm³/mol. The molecule has 1 rings (SSSR count). The molecule has 0 spiro atoms. The molecule has 0 fully saturated rings. The summed E-state index contributed by atoms with van der Waals surface area (Å²) in [5.41, 5.74) is 1.05. The van der Waals surface area contributed by atoms with Gasteiger partial charge in [0.2, 0.25) is 0 Å². The maximum atomic E-state index is 10.9. The van der Waals surface area contributed by atoms with Gasteiger partial charge in [0.25, 0.3) is 0 Å². The molecule has 1 unspecified atom stereocenters. The predicted octanol–water partition coefficient (Wildman–Crippen LogP) is 2.23. The summed E-state index contributed by atoms with van der Waals surface area (Å²) < 4.78 is 10.9. The molecule has 13 heavy (non-hydrogen) atoms. The van der Waals surface area contributed by atoms with Crippen LogP contribution in [0, 0.1) is 6.92 Å². The second-order valence-corrected chi connectivity index (χ2v) is 5.13. The van der Waals surface area contributed by atoms with Gasteiger partial charge in [-0.15, -0.1) is 0 Å². The molecule has 0 bridgehead atoms. The monoisotopic (exact) mass is 200 g/mol. The number of rotatable bonds is 2. The average molecular weight is 200 g/mol. The first-order chi connectivity index (χ1) is 5.91. The van der Waals surface area contributed by atoms with E-state index in [4.69, 9.17) is 9.79 Å². The van der Waals surface area contributed by atoms with E-state index in [2.05, 4.69) is 0 Å². The molecule has 3 nitrogen and oxygen atoms in total. The van der Waals surface area contributed by atoms with E-state index in [1.807, 2.05) is 19.1 Å².